The Labute approximate surface area is 184 Å². The van der Waals surface area contributed by atoms with Crippen molar-refractivity contribution in [1.29, 1.82) is 0 Å². The number of halogens is 3. The van der Waals surface area contributed by atoms with Crippen molar-refractivity contribution < 1.29 is 32.2 Å². The van der Waals surface area contributed by atoms with Crippen molar-refractivity contribution >= 4 is 17.9 Å². The highest BCUT2D eigenvalue weighted by Gasteiger charge is 2.27. The van der Waals surface area contributed by atoms with Crippen molar-refractivity contribution in [2.75, 3.05) is 13.7 Å². The number of methoxy groups -OCH3 is 1. The molecule has 1 atom stereocenters. The third-order valence-corrected chi connectivity index (χ3v) is 4.32. The number of hydrogen-bond acceptors (Lipinski definition) is 4. The molecule has 0 aliphatic carbocycles. The number of ether oxygens (including phenoxy) is 2. The maximum atomic E-state index is 12.2. The lowest BCUT2D eigenvalue weighted by Gasteiger charge is -2.13. The summed E-state index contributed by atoms with van der Waals surface area (Å²) in [6.07, 6.45) is -1.40. The molecule has 9 heteroatoms. The lowest BCUT2D eigenvalue weighted by molar-refractivity contribution is -0.176. The fraction of sp³-hybridized carbons (Fsp3) is 0.304. The van der Waals surface area contributed by atoms with Crippen LogP contribution in [0, 0.1) is 0 Å². The SMILES string of the molecule is COc1ccc(/C=C/C(=O)NC(C)C(=O)NCc2ccc(COCC(F)(F)F)cc2)cc1. The van der Waals surface area contributed by atoms with Gasteiger partial charge in [0.1, 0.15) is 18.4 Å². The van der Waals surface area contributed by atoms with Crippen molar-refractivity contribution in [3.05, 3.63) is 71.3 Å². The summed E-state index contributed by atoms with van der Waals surface area (Å²) in [6.45, 7) is 0.322. The summed E-state index contributed by atoms with van der Waals surface area (Å²) in [7, 11) is 1.57. The maximum Gasteiger partial charge on any atom is 0.411 e. The minimum atomic E-state index is -4.36. The van der Waals surface area contributed by atoms with Crippen LogP contribution in [0.2, 0.25) is 0 Å². The average molecular weight is 450 g/mol. The molecule has 2 aromatic rings. The second kappa shape index (κ2) is 11.9. The minimum absolute atomic E-state index is 0.154. The molecular formula is C23H25F3N2O4. The molecule has 172 valence electrons. The van der Waals surface area contributed by atoms with Crippen LogP contribution < -0.4 is 15.4 Å². The largest absolute Gasteiger partial charge is 0.497 e. The summed E-state index contributed by atoms with van der Waals surface area (Å²) in [5.74, 6) is -0.0678. The van der Waals surface area contributed by atoms with Gasteiger partial charge in [-0.1, -0.05) is 36.4 Å². The van der Waals surface area contributed by atoms with Crippen LogP contribution in [-0.4, -0.2) is 37.7 Å². The average Bonchev–Trinajstić information content (AvgIpc) is 2.76. The molecule has 2 aromatic carbocycles. The van der Waals surface area contributed by atoms with E-state index in [4.69, 9.17) is 4.74 Å². The number of amides is 2. The third kappa shape index (κ3) is 9.22. The highest BCUT2D eigenvalue weighted by molar-refractivity contribution is 5.95. The Balaban J connectivity index is 1.74. The molecule has 0 saturated heterocycles. The number of benzene rings is 2. The van der Waals surface area contributed by atoms with E-state index in [-0.39, 0.29) is 19.1 Å². The van der Waals surface area contributed by atoms with Gasteiger partial charge in [-0.3, -0.25) is 9.59 Å². The van der Waals surface area contributed by atoms with E-state index in [0.29, 0.717) is 11.3 Å². The number of hydrogen-bond donors (Lipinski definition) is 2. The first-order valence-electron chi connectivity index (χ1n) is 9.79. The van der Waals surface area contributed by atoms with E-state index in [1.54, 1.807) is 68.6 Å². The van der Waals surface area contributed by atoms with Crippen LogP contribution in [0.1, 0.15) is 23.6 Å². The minimum Gasteiger partial charge on any atom is -0.497 e. The highest BCUT2D eigenvalue weighted by Crippen LogP contribution is 2.16. The molecule has 0 aromatic heterocycles. The van der Waals surface area contributed by atoms with Crippen LogP contribution in [0.4, 0.5) is 13.2 Å². The first kappa shape index (κ1) is 24.9. The standard InChI is InChI=1S/C23H25F3N2O4/c1-16(28-21(29)12-9-17-7-10-20(31-2)11-8-17)22(30)27-13-18-3-5-19(6-4-18)14-32-15-23(24,25)26/h3-12,16H,13-15H2,1-2H3,(H,27,30)(H,28,29)/b12-9+. The third-order valence-electron chi connectivity index (χ3n) is 4.32. The smallest absolute Gasteiger partial charge is 0.411 e. The zero-order chi connectivity index (χ0) is 23.6. The topological polar surface area (TPSA) is 76.7 Å². The Morgan fingerprint density at radius 3 is 2.25 bits per heavy atom. The van der Waals surface area contributed by atoms with Crippen molar-refractivity contribution in [3.8, 4) is 5.75 Å². The quantitative estimate of drug-likeness (QED) is 0.543. The van der Waals surface area contributed by atoms with Crippen molar-refractivity contribution in [2.45, 2.75) is 32.3 Å². The number of alkyl halides is 3. The molecule has 0 aliphatic rings. The Kier molecular flexibility index (Phi) is 9.27. The fourth-order valence-corrected chi connectivity index (χ4v) is 2.59. The molecule has 0 spiro atoms. The van der Waals surface area contributed by atoms with Gasteiger partial charge < -0.3 is 20.1 Å². The van der Waals surface area contributed by atoms with Crippen LogP contribution in [0.3, 0.4) is 0 Å². The molecule has 2 rings (SSSR count). The number of nitrogens with one attached hydrogen (secondary N) is 2. The second-order valence-corrected chi connectivity index (χ2v) is 6.98. The molecule has 0 aliphatic heterocycles. The molecule has 2 N–H and O–H groups in total. The van der Waals surface area contributed by atoms with Gasteiger partial charge in [0.15, 0.2) is 0 Å². The van der Waals surface area contributed by atoms with Crippen molar-refractivity contribution in [1.82, 2.24) is 10.6 Å². The zero-order valence-electron chi connectivity index (χ0n) is 17.7. The predicted octanol–water partition coefficient (Wildman–Crippen LogP) is 3.61. The molecule has 0 radical (unpaired) electrons. The molecule has 2 amide bonds. The van der Waals surface area contributed by atoms with Crippen LogP contribution in [0.5, 0.6) is 5.75 Å². The highest BCUT2D eigenvalue weighted by atomic mass is 19.4. The Hall–Kier alpha value is -3.33. The molecular weight excluding hydrogens is 425 g/mol. The number of carbonyl (C=O) groups is 2. The van der Waals surface area contributed by atoms with Crippen LogP contribution in [0.25, 0.3) is 6.08 Å². The summed E-state index contributed by atoms with van der Waals surface area (Å²) in [5.41, 5.74) is 2.16. The van der Waals surface area contributed by atoms with Gasteiger partial charge in [-0.2, -0.15) is 13.2 Å². The fourth-order valence-electron chi connectivity index (χ4n) is 2.59. The zero-order valence-corrected chi connectivity index (χ0v) is 17.7. The van der Waals surface area contributed by atoms with E-state index in [0.717, 1.165) is 11.1 Å². The molecule has 0 heterocycles. The van der Waals surface area contributed by atoms with Crippen molar-refractivity contribution in [3.63, 3.8) is 0 Å². The van der Waals surface area contributed by atoms with E-state index in [1.165, 1.54) is 6.08 Å². The van der Waals surface area contributed by atoms with Crippen LogP contribution in [-0.2, 0) is 27.5 Å². The van der Waals surface area contributed by atoms with E-state index >= 15 is 0 Å². The van der Waals surface area contributed by atoms with Gasteiger partial charge in [0.2, 0.25) is 11.8 Å². The van der Waals surface area contributed by atoms with E-state index < -0.39 is 24.7 Å². The Bertz CT molecular complexity index is 910. The summed E-state index contributed by atoms with van der Waals surface area (Å²) < 4.78 is 45.9. The van der Waals surface area contributed by atoms with Gasteiger partial charge >= 0.3 is 6.18 Å². The molecule has 0 bridgehead atoms. The van der Waals surface area contributed by atoms with Gasteiger partial charge in [-0.05, 0) is 41.8 Å². The van der Waals surface area contributed by atoms with Gasteiger partial charge in [0.25, 0.3) is 0 Å². The van der Waals surface area contributed by atoms with E-state index in [9.17, 15) is 22.8 Å². The number of rotatable bonds is 10. The summed E-state index contributed by atoms with van der Waals surface area (Å²) in [5, 5.41) is 5.28. The van der Waals surface area contributed by atoms with E-state index in [1.807, 2.05) is 0 Å². The summed E-state index contributed by atoms with van der Waals surface area (Å²) in [4.78, 5) is 24.2. The Morgan fingerprint density at radius 1 is 1.03 bits per heavy atom. The first-order valence-corrected chi connectivity index (χ1v) is 9.79. The normalized spacial score (nSPS) is 12.4. The first-order chi connectivity index (χ1) is 15.2. The second-order valence-electron chi connectivity index (χ2n) is 6.98. The Morgan fingerprint density at radius 2 is 1.66 bits per heavy atom. The molecule has 0 fully saturated rings. The van der Waals surface area contributed by atoms with Gasteiger partial charge in [-0.25, -0.2) is 0 Å². The monoisotopic (exact) mass is 450 g/mol. The molecule has 6 nitrogen and oxygen atoms in total. The van der Waals surface area contributed by atoms with Crippen LogP contribution in [0.15, 0.2) is 54.6 Å². The van der Waals surface area contributed by atoms with Gasteiger partial charge in [-0.15, -0.1) is 0 Å². The van der Waals surface area contributed by atoms with E-state index in [2.05, 4.69) is 15.4 Å². The van der Waals surface area contributed by atoms with Gasteiger partial charge in [0.05, 0.1) is 13.7 Å². The molecule has 1 unspecified atom stereocenters. The lowest BCUT2D eigenvalue weighted by Crippen LogP contribution is -2.44. The van der Waals surface area contributed by atoms with Crippen molar-refractivity contribution in [2.24, 2.45) is 0 Å². The van der Waals surface area contributed by atoms with Gasteiger partial charge in [0, 0.05) is 12.6 Å². The predicted molar refractivity (Wildman–Crippen MR) is 114 cm³/mol. The summed E-state index contributed by atoms with van der Waals surface area (Å²) in [6, 6.07) is 13.0. The van der Waals surface area contributed by atoms with Crippen LogP contribution >= 0.6 is 0 Å². The lowest BCUT2D eigenvalue weighted by atomic mass is 10.1. The molecule has 32 heavy (non-hydrogen) atoms. The molecule has 0 saturated carbocycles. The maximum absolute atomic E-state index is 12.2. The summed E-state index contributed by atoms with van der Waals surface area (Å²) >= 11 is 0. The number of carbonyl (C=O) groups excluding carboxylic acids is 2.